The van der Waals surface area contributed by atoms with E-state index in [1.807, 2.05) is 37.3 Å². The largest absolute Gasteiger partial charge is 0.478 e. The van der Waals surface area contributed by atoms with Crippen molar-refractivity contribution in [2.45, 2.75) is 6.92 Å². The van der Waals surface area contributed by atoms with E-state index in [1.54, 1.807) is 6.07 Å². The highest BCUT2D eigenvalue weighted by atomic mass is 79.9. The van der Waals surface area contributed by atoms with E-state index in [-0.39, 0.29) is 0 Å². The SMILES string of the molecule is Cc1ccc(Br)cc1Oc1ccc(Br)cc1/C=C/C(=O)O. The predicted molar refractivity (Wildman–Crippen MR) is 89.8 cm³/mol. The van der Waals surface area contributed by atoms with Crippen molar-refractivity contribution in [2.75, 3.05) is 0 Å². The fourth-order valence-electron chi connectivity index (χ4n) is 1.71. The highest BCUT2D eigenvalue weighted by Gasteiger charge is 2.07. The topological polar surface area (TPSA) is 46.5 Å². The number of carboxylic acid groups (broad SMARTS) is 1. The van der Waals surface area contributed by atoms with Gasteiger partial charge in [0.2, 0.25) is 0 Å². The minimum Gasteiger partial charge on any atom is -0.478 e. The zero-order valence-corrected chi connectivity index (χ0v) is 14.3. The van der Waals surface area contributed by atoms with Crippen molar-refractivity contribution in [3.05, 3.63) is 62.5 Å². The summed E-state index contributed by atoms with van der Waals surface area (Å²) in [6.45, 7) is 1.95. The first-order chi connectivity index (χ1) is 9.95. The van der Waals surface area contributed by atoms with Crippen molar-refractivity contribution in [2.24, 2.45) is 0 Å². The summed E-state index contributed by atoms with van der Waals surface area (Å²) in [6.07, 6.45) is 2.60. The van der Waals surface area contributed by atoms with Crippen LogP contribution in [-0.4, -0.2) is 11.1 Å². The van der Waals surface area contributed by atoms with Gasteiger partial charge in [-0.1, -0.05) is 37.9 Å². The van der Waals surface area contributed by atoms with Crippen LogP contribution in [0.25, 0.3) is 6.08 Å². The zero-order valence-electron chi connectivity index (χ0n) is 11.1. The third-order valence-electron chi connectivity index (χ3n) is 2.75. The Morgan fingerprint density at radius 2 is 1.76 bits per heavy atom. The summed E-state index contributed by atoms with van der Waals surface area (Å²) in [5.41, 5.74) is 1.68. The Morgan fingerprint density at radius 3 is 2.48 bits per heavy atom. The van der Waals surface area contributed by atoms with Gasteiger partial charge >= 0.3 is 5.97 Å². The Balaban J connectivity index is 2.39. The monoisotopic (exact) mass is 410 g/mol. The normalized spacial score (nSPS) is 10.8. The molecule has 0 aliphatic rings. The van der Waals surface area contributed by atoms with Gasteiger partial charge in [-0.15, -0.1) is 0 Å². The summed E-state index contributed by atoms with van der Waals surface area (Å²) >= 11 is 6.78. The van der Waals surface area contributed by atoms with E-state index >= 15 is 0 Å². The van der Waals surface area contributed by atoms with Crippen molar-refractivity contribution in [1.29, 1.82) is 0 Å². The van der Waals surface area contributed by atoms with Gasteiger partial charge in [0.25, 0.3) is 0 Å². The quantitative estimate of drug-likeness (QED) is 0.684. The summed E-state index contributed by atoms with van der Waals surface area (Å²) < 4.78 is 7.69. The Kier molecular flexibility index (Phi) is 5.20. The van der Waals surface area contributed by atoms with Gasteiger partial charge in [-0.2, -0.15) is 0 Å². The number of benzene rings is 2. The molecule has 2 rings (SSSR count). The molecule has 0 saturated heterocycles. The summed E-state index contributed by atoms with van der Waals surface area (Å²) in [5, 5.41) is 8.76. The molecule has 0 aliphatic heterocycles. The van der Waals surface area contributed by atoms with Crippen LogP contribution in [0.2, 0.25) is 0 Å². The number of aryl methyl sites for hydroxylation is 1. The number of carboxylic acids is 1. The lowest BCUT2D eigenvalue weighted by molar-refractivity contribution is -0.131. The molecule has 0 fully saturated rings. The Bertz CT molecular complexity index is 709. The van der Waals surface area contributed by atoms with E-state index in [2.05, 4.69) is 31.9 Å². The number of rotatable bonds is 4. The van der Waals surface area contributed by atoms with Crippen molar-refractivity contribution in [1.82, 2.24) is 0 Å². The molecule has 0 saturated carbocycles. The van der Waals surface area contributed by atoms with Crippen LogP contribution < -0.4 is 4.74 Å². The van der Waals surface area contributed by atoms with Gasteiger partial charge in [0, 0.05) is 20.6 Å². The number of hydrogen-bond donors (Lipinski definition) is 1. The second-order valence-electron chi connectivity index (χ2n) is 4.37. The van der Waals surface area contributed by atoms with E-state index in [0.29, 0.717) is 11.3 Å². The minimum absolute atomic E-state index is 0.594. The highest BCUT2D eigenvalue weighted by Crippen LogP contribution is 2.32. The average Bonchev–Trinajstić information content (AvgIpc) is 2.43. The van der Waals surface area contributed by atoms with Crippen LogP contribution in [0, 0.1) is 6.92 Å². The van der Waals surface area contributed by atoms with Crippen LogP contribution in [-0.2, 0) is 4.79 Å². The molecular weight excluding hydrogens is 400 g/mol. The second kappa shape index (κ2) is 6.91. The molecule has 3 nitrogen and oxygen atoms in total. The van der Waals surface area contributed by atoms with E-state index in [9.17, 15) is 4.79 Å². The Labute approximate surface area is 139 Å². The summed E-state index contributed by atoms with van der Waals surface area (Å²) in [4.78, 5) is 10.7. The maximum absolute atomic E-state index is 10.7. The lowest BCUT2D eigenvalue weighted by atomic mass is 10.1. The molecule has 0 atom stereocenters. The molecule has 21 heavy (non-hydrogen) atoms. The molecule has 0 aliphatic carbocycles. The maximum atomic E-state index is 10.7. The van der Waals surface area contributed by atoms with Crippen LogP contribution in [0.4, 0.5) is 0 Å². The smallest absolute Gasteiger partial charge is 0.328 e. The molecule has 5 heteroatoms. The molecule has 0 spiro atoms. The van der Waals surface area contributed by atoms with Gasteiger partial charge in [0.05, 0.1) is 0 Å². The molecule has 2 aromatic rings. The van der Waals surface area contributed by atoms with Crippen LogP contribution in [0.5, 0.6) is 11.5 Å². The summed E-state index contributed by atoms with van der Waals surface area (Å²) in [6, 6.07) is 11.2. The molecule has 0 bridgehead atoms. The van der Waals surface area contributed by atoms with Crippen LogP contribution in [0.15, 0.2) is 51.4 Å². The molecule has 0 amide bonds. The fraction of sp³-hybridized carbons (Fsp3) is 0.0625. The first-order valence-electron chi connectivity index (χ1n) is 6.10. The summed E-state index contributed by atoms with van der Waals surface area (Å²) in [5.74, 6) is 0.313. The molecule has 2 aromatic carbocycles. The fourth-order valence-corrected chi connectivity index (χ4v) is 2.42. The van der Waals surface area contributed by atoms with Crippen molar-refractivity contribution < 1.29 is 14.6 Å². The van der Waals surface area contributed by atoms with Crippen molar-refractivity contribution >= 4 is 43.9 Å². The Hall–Kier alpha value is -1.59. The summed E-state index contributed by atoms with van der Waals surface area (Å²) in [7, 11) is 0. The van der Waals surface area contributed by atoms with Gasteiger partial charge in [-0.25, -0.2) is 4.79 Å². The molecule has 108 valence electrons. The third kappa shape index (κ3) is 4.44. The lowest BCUT2D eigenvalue weighted by Crippen LogP contribution is -1.91. The molecule has 0 aromatic heterocycles. The number of ether oxygens (including phenoxy) is 1. The first kappa shape index (κ1) is 15.8. The number of halogens is 2. The predicted octanol–water partition coefficient (Wildman–Crippen LogP) is 5.41. The van der Waals surface area contributed by atoms with Gasteiger partial charge < -0.3 is 9.84 Å². The van der Waals surface area contributed by atoms with Gasteiger partial charge in [-0.05, 0) is 48.9 Å². The second-order valence-corrected chi connectivity index (χ2v) is 6.20. The molecule has 0 heterocycles. The van der Waals surface area contributed by atoms with Crippen molar-refractivity contribution in [3.8, 4) is 11.5 Å². The molecule has 0 radical (unpaired) electrons. The molecule has 1 N–H and O–H groups in total. The zero-order chi connectivity index (χ0) is 15.4. The third-order valence-corrected chi connectivity index (χ3v) is 3.73. The van der Waals surface area contributed by atoms with Gasteiger partial charge in [0.15, 0.2) is 0 Å². The van der Waals surface area contributed by atoms with Gasteiger partial charge in [0.1, 0.15) is 11.5 Å². The standard InChI is InChI=1S/C16H12Br2O3/c1-10-2-4-13(18)9-15(10)21-14-6-5-12(17)8-11(14)3-7-16(19)20/h2-9H,1H3,(H,19,20)/b7-3+. The van der Waals surface area contributed by atoms with E-state index in [4.69, 9.17) is 9.84 Å². The lowest BCUT2D eigenvalue weighted by Gasteiger charge is -2.12. The van der Waals surface area contributed by atoms with Crippen molar-refractivity contribution in [3.63, 3.8) is 0 Å². The first-order valence-corrected chi connectivity index (χ1v) is 7.69. The van der Waals surface area contributed by atoms with Crippen LogP contribution >= 0.6 is 31.9 Å². The van der Waals surface area contributed by atoms with Crippen LogP contribution in [0.3, 0.4) is 0 Å². The van der Waals surface area contributed by atoms with Crippen LogP contribution in [0.1, 0.15) is 11.1 Å². The number of hydrogen-bond acceptors (Lipinski definition) is 2. The maximum Gasteiger partial charge on any atom is 0.328 e. The number of aliphatic carboxylic acids is 1. The van der Waals surface area contributed by atoms with Gasteiger partial charge in [-0.3, -0.25) is 0 Å². The van der Waals surface area contributed by atoms with E-state index in [0.717, 1.165) is 26.3 Å². The minimum atomic E-state index is -1.00. The molecule has 0 unspecified atom stereocenters. The van der Waals surface area contributed by atoms with E-state index < -0.39 is 5.97 Å². The number of carbonyl (C=O) groups is 1. The Morgan fingerprint density at radius 1 is 1.10 bits per heavy atom. The molecular formula is C16H12Br2O3. The van der Waals surface area contributed by atoms with E-state index in [1.165, 1.54) is 6.08 Å². The average molecular weight is 412 g/mol. The highest BCUT2D eigenvalue weighted by molar-refractivity contribution is 9.10.